The number of ether oxygens (including phenoxy) is 2. The molecule has 1 heterocycles. The van der Waals surface area contributed by atoms with E-state index in [1.54, 1.807) is 24.3 Å². The van der Waals surface area contributed by atoms with Gasteiger partial charge in [0.15, 0.2) is 12.4 Å². The van der Waals surface area contributed by atoms with E-state index in [0.29, 0.717) is 5.75 Å². The van der Waals surface area contributed by atoms with E-state index >= 15 is 0 Å². The lowest BCUT2D eigenvalue weighted by atomic mass is 10.1. The molecule has 16 heavy (non-hydrogen) atoms. The maximum absolute atomic E-state index is 9.65. The van der Waals surface area contributed by atoms with Gasteiger partial charge in [0.25, 0.3) is 0 Å². The predicted molar refractivity (Wildman–Crippen MR) is 54.8 cm³/mol. The van der Waals surface area contributed by atoms with Crippen molar-refractivity contribution in [2.75, 3.05) is 6.61 Å². The average molecular weight is 226 g/mol. The molecule has 2 rings (SSSR count). The second kappa shape index (κ2) is 4.80. The molecule has 1 aliphatic rings. The first kappa shape index (κ1) is 11.3. The molecule has 5 heteroatoms. The Labute approximate surface area is 92.9 Å². The molecule has 0 amide bonds. The van der Waals surface area contributed by atoms with E-state index in [0.717, 1.165) is 0 Å². The molecule has 5 nitrogen and oxygen atoms in total. The lowest BCUT2D eigenvalue weighted by Crippen LogP contribution is -2.55. The van der Waals surface area contributed by atoms with Gasteiger partial charge in [-0.25, -0.2) is 0 Å². The molecule has 0 aromatic heterocycles. The fourth-order valence-corrected chi connectivity index (χ4v) is 1.56. The van der Waals surface area contributed by atoms with Crippen molar-refractivity contribution < 1.29 is 24.8 Å². The monoisotopic (exact) mass is 226 g/mol. The van der Waals surface area contributed by atoms with Crippen molar-refractivity contribution in [3.63, 3.8) is 0 Å². The summed E-state index contributed by atoms with van der Waals surface area (Å²) in [5.74, 6) is 0.503. The topological polar surface area (TPSA) is 79.2 Å². The molecular formula is C11H14O5. The number of rotatable bonds is 2. The molecule has 0 spiro atoms. The first-order valence-electron chi connectivity index (χ1n) is 5.06. The van der Waals surface area contributed by atoms with Crippen molar-refractivity contribution in [1.82, 2.24) is 0 Å². The Bertz CT molecular complexity index is 328. The van der Waals surface area contributed by atoms with Crippen LogP contribution in [0.2, 0.25) is 0 Å². The Morgan fingerprint density at radius 2 is 1.81 bits per heavy atom. The summed E-state index contributed by atoms with van der Waals surface area (Å²) in [6, 6.07) is 8.76. The second-order valence-electron chi connectivity index (χ2n) is 3.68. The van der Waals surface area contributed by atoms with Gasteiger partial charge in [-0.1, -0.05) is 18.2 Å². The summed E-state index contributed by atoms with van der Waals surface area (Å²) in [5.41, 5.74) is 0. The van der Waals surface area contributed by atoms with E-state index in [-0.39, 0.29) is 6.61 Å². The number of hydrogen-bond acceptors (Lipinski definition) is 5. The molecule has 1 aliphatic heterocycles. The molecular weight excluding hydrogens is 212 g/mol. The minimum absolute atomic E-state index is 0.100. The van der Waals surface area contributed by atoms with Crippen molar-refractivity contribution in [2.24, 2.45) is 0 Å². The summed E-state index contributed by atoms with van der Waals surface area (Å²) in [6.07, 6.45) is -4.43. The summed E-state index contributed by atoms with van der Waals surface area (Å²) in [5, 5.41) is 28.5. The average Bonchev–Trinajstić information content (AvgIpc) is 2.31. The predicted octanol–water partition coefficient (Wildman–Crippen LogP) is -0.496. The van der Waals surface area contributed by atoms with Gasteiger partial charge >= 0.3 is 0 Å². The van der Waals surface area contributed by atoms with Crippen LogP contribution in [-0.4, -0.2) is 46.5 Å². The van der Waals surface area contributed by atoms with Crippen molar-refractivity contribution in [1.29, 1.82) is 0 Å². The Balaban J connectivity index is 2.07. The van der Waals surface area contributed by atoms with E-state index < -0.39 is 24.6 Å². The smallest absolute Gasteiger partial charge is 0.195 e. The maximum Gasteiger partial charge on any atom is 0.195 e. The van der Waals surface area contributed by atoms with Crippen molar-refractivity contribution >= 4 is 0 Å². The number of hydrogen-bond donors (Lipinski definition) is 3. The minimum Gasteiger partial charge on any atom is -0.482 e. The van der Waals surface area contributed by atoms with Crippen LogP contribution >= 0.6 is 0 Å². The molecule has 88 valence electrons. The van der Waals surface area contributed by atoms with Crippen LogP contribution in [0.1, 0.15) is 0 Å². The molecule has 1 saturated heterocycles. The quantitative estimate of drug-likeness (QED) is 0.634. The van der Waals surface area contributed by atoms with Gasteiger partial charge in [0.2, 0.25) is 0 Å². The largest absolute Gasteiger partial charge is 0.482 e. The summed E-state index contributed by atoms with van der Waals surface area (Å²) in [7, 11) is 0. The third kappa shape index (κ3) is 2.33. The first-order valence-corrected chi connectivity index (χ1v) is 5.06. The molecule has 0 bridgehead atoms. The van der Waals surface area contributed by atoms with Crippen LogP contribution in [0.15, 0.2) is 30.3 Å². The Hall–Kier alpha value is -1.14. The number of benzene rings is 1. The van der Waals surface area contributed by atoms with Gasteiger partial charge in [0.05, 0.1) is 6.61 Å². The molecule has 3 N–H and O–H groups in total. The van der Waals surface area contributed by atoms with Crippen LogP contribution in [0.3, 0.4) is 0 Å². The highest BCUT2D eigenvalue weighted by Gasteiger charge is 2.39. The lowest BCUT2D eigenvalue weighted by molar-refractivity contribution is -0.244. The fourth-order valence-electron chi connectivity index (χ4n) is 1.56. The number of para-hydroxylation sites is 1. The van der Waals surface area contributed by atoms with Crippen LogP contribution in [-0.2, 0) is 4.74 Å². The normalized spacial score (nSPS) is 34.7. The van der Waals surface area contributed by atoms with E-state index in [2.05, 4.69) is 0 Å². The maximum atomic E-state index is 9.65. The van der Waals surface area contributed by atoms with E-state index in [4.69, 9.17) is 9.47 Å². The van der Waals surface area contributed by atoms with Crippen molar-refractivity contribution in [3.8, 4) is 5.75 Å². The zero-order valence-electron chi connectivity index (χ0n) is 8.56. The fraction of sp³-hybridized carbons (Fsp3) is 0.455. The van der Waals surface area contributed by atoms with Gasteiger partial charge in [0.1, 0.15) is 18.0 Å². The molecule has 1 aromatic rings. The Morgan fingerprint density at radius 3 is 2.50 bits per heavy atom. The molecule has 1 fully saturated rings. The van der Waals surface area contributed by atoms with E-state index in [1.807, 2.05) is 6.07 Å². The third-order valence-corrected chi connectivity index (χ3v) is 2.46. The van der Waals surface area contributed by atoms with Gasteiger partial charge in [-0.2, -0.15) is 0 Å². The molecule has 0 aliphatic carbocycles. The summed E-state index contributed by atoms with van der Waals surface area (Å²) in [4.78, 5) is 0. The Morgan fingerprint density at radius 1 is 1.12 bits per heavy atom. The van der Waals surface area contributed by atoms with Crippen LogP contribution in [0.4, 0.5) is 0 Å². The Kier molecular flexibility index (Phi) is 3.40. The molecule has 0 unspecified atom stereocenters. The molecule has 0 radical (unpaired) electrons. The highest BCUT2D eigenvalue weighted by molar-refractivity contribution is 5.21. The summed E-state index contributed by atoms with van der Waals surface area (Å²) >= 11 is 0. The minimum atomic E-state index is -1.24. The molecule has 0 saturated carbocycles. The van der Waals surface area contributed by atoms with Gasteiger partial charge in [-0.15, -0.1) is 0 Å². The van der Waals surface area contributed by atoms with Crippen molar-refractivity contribution in [3.05, 3.63) is 30.3 Å². The second-order valence-corrected chi connectivity index (χ2v) is 3.68. The van der Waals surface area contributed by atoms with Gasteiger partial charge in [-0.3, -0.25) is 0 Å². The summed E-state index contributed by atoms with van der Waals surface area (Å²) < 4.78 is 10.2. The van der Waals surface area contributed by atoms with Crippen LogP contribution in [0.5, 0.6) is 5.75 Å². The zero-order valence-corrected chi connectivity index (χ0v) is 8.56. The number of aliphatic hydroxyl groups excluding tert-OH is 3. The van der Waals surface area contributed by atoms with E-state index in [1.165, 1.54) is 0 Å². The summed E-state index contributed by atoms with van der Waals surface area (Å²) in [6.45, 7) is -0.100. The first-order chi connectivity index (χ1) is 7.68. The van der Waals surface area contributed by atoms with Crippen LogP contribution in [0.25, 0.3) is 0 Å². The zero-order chi connectivity index (χ0) is 11.5. The van der Waals surface area contributed by atoms with Gasteiger partial charge in [0, 0.05) is 0 Å². The van der Waals surface area contributed by atoms with Gasteiger partial charge < -0.3 is 24.8 Å². The molecule has 4 atom stereocenters. The highest BCUT2D eigenvalue weighted by atomic mass is 16.6. The van der Waals surface area contributed by atoms with Crippen LogP contribution in [0, 0.1) is 0 Å². The highest BCUT2D eigenvalue weighted by Crippen LogP contribution is 2.20. The van der Waals surface area contributed by atoms with Crippen molar-refractivity contribution in [2.45, 2.75) is 24.6 Å². The van der Waals surface area contributed by atoms with E-state index in [9.17, 15) is 15.3 Å². The van der Waals surface area contributed by atoms with Gasteiger partial charge in [-0.05, 0) is 12.1 Å². The lowest BCUT2D eigenvalue weighted by Gasteiger charge is -2.35. The standard InChI is InChI=1S/C11H14O5/c12-8-6-15-11(14)10(9(8)13)16-7-4-2-1-3-5-7/h1-5,8-14H,6H2/t8-,9+,10-,11-/m1/s1. The SMILES string of the molecule is O[C@@H]1[C@@H](Oc2ccccc2)[C@H](O)OC[C@H]1O. The molecule has 1 aromatic carbocycles. The number of aliphatic hydroxyl groups is 3. The van der Waals surface area contributed by atoms with Crippen LogP contribution < -0.4 is 4.74 Å². The third-order valence-electron chi connectivity index (χ3n) is 2.46.